The Morgan fingerprint density at radius 1 is 0.278 bits per heavy atom. The van der Waals surface area contributed by atoms with Gasteiger partial charge in [0.1, 0.15) is 0 Å². The lowest BCUT2D eigenvalue weighted by Crippen LogP contribution is -2.11. The minimum absolute atomic E-state index is 1.09. The van der Waals surface area contributed by atoms with Gasteiger partial charge in [0, 0.05) is 16.9 Å². The molecule has 0 aliphatic heterocycles. The molecule has 0 amide bonds. The number of hydrogen-bond donors (Lipinski definition) is 0. The second-order valence-electron chi connectivity index (χ2n) is 13.9. The number of fused-ring (bicyclic) bond motifs is 1. The fourth-order valence-corrected chi connectivity index (χ4v) is 7.56. The highest BCUT2D eigenvalue weighted by molar-refractivity contribution is 5.94. The lowest BCUT2D eigenvalue weighted by Gasteiger charge is -2.29. The van der Waals surface area contributed by atoms with Crippen molar-refractivity contribution >= 4 is 27.8 Å². The van der Waals surface area contributed by atoms with Crippen molar-refractivity contribution in [3.05, 3.63) is 224 Å². The third kappa shape index (κ3) is 6.60. The van der Waals surface area contributed by atoms with E-state index < -0.39 is 0 Å². The molecule has 0 N–H and O–H groups in total. The van der Waals surface area contributed by atoms with Gasteiger partial charge in [-0.15, -0.1) is 0 Å². The summed E-state index contributed by atoms with van der Waals surface area (Å²) in [7, 11) is 0. The molecule has 256 valence electrons. The summed E-state index contributed by atoms with van der Waals surface area (Å²) in [5.41, 5.74) is 16.6. The van der Waals surface area contributed by atoms with Crippen molar-refractivity contribution in [3.8, 4) is 55.6 Å². The van der Waals surface area contributed by atoms with Gasteiger partial charge in [0.05, 0.1) is 5.69 Å². The number of anilines is 3. The van der Waals surface area contributed by atoms with E-state index in [2.05, 4.69) is 230 Å². The minimum Gasteiger partial charge on any atom is -0.310 e. The second-order valence-corrected chi connectivity index (χ2v) is 13.9. The first kappa shape index (κ1) is 32.9. The van der Waals surface area contributed by atoms with Gasteiger partial charge >= 0.3 is 0 Å². The van der Waals surface area contributed by atoms with Crippen LogP contribution >= 0.6 is 0 Å². The van der Waals surface area contributed by atoms with E-state index in [-0.39, 0.29) is 0 Å². The molecule has 0 aliphatic carbocycles. The van der Waals surface area contributed by atoms with Gasteiger partial charge in [-0.25, -0.2) is 0 Å². The fourth-order valence-electron chi connectivity index (χ4n) is 7.56. The molecule has 0 saturated heterocycles. The molecule has 0 spiro atoms. The monoisotopic (exact) mass is 689 g/mol. The summed E-state index contributed by atoms with van der Waals surface area (Å²) in [5.74, 6) is 0. The number of rotatable bonds is 8. The zero-order valence-electron chi connectivity index (χ0n) is 30.2. The van der Waals surface area contributed by atoms with Crippen LogP contribution in [0.4, 0.5) is 17.1 Å². The SMILES string of the molecule is Cc1cc2ccccc2cc1-c1ccc(-c2ccccc2)c(N(c2ccc(-c3ccccc3)cc2)c2ccc(-c3ccc(-c4ccccc4)cc3)cc2)c1. The molecule has 0 unspecified atom stereocenters. The van der Waals surface area contributed by atoms with Crippen LogP contribution in [-0.2, 0) is 0 Å². The molecule has 1 heteroatoms. The van der Waals surface area contributed by atoms with Crippen molar-refractivity contribution in [1.82, 2.24) is 0 Å². The standard InChI is InChI=1S/C53H39N/c1-38-35-46-19-11-12-20-47(46)36-52(38)48-29-34-51(45-17-9-4-10-18-45)53(37-48)54(49-30-25-43(26-31-49)40-15-7-3-8-16-40)50-32-27-44(28-33-50)42-23-21-41(22-24-42)39-13-5-2-6-14-39/h2-37H,1H3. The maximum Gasteiger partial charge on any atom is 0.0546 e. The topological polar surface area (TPSA) is 3.24 Å². The molecular weight excluding hydrogens is 651 g/mol. The van der Waals surface area contributed by atoms with Crippen LogP contribution in [-0.4, -0.2) is 0 Å². The zero-order chi connectivity index (χ0) is 36.3. The Kier molecular flexibility index (Phi) is 8.89. The Hall–Kier alpha value is -6.96. The summed E-state index contributed by atoms with van der Waals surface area (Å²) in [6, 6.07) is 79.0. The zero-order valence-corrected chi connectivity index (χ0v) is 30.2. The highest BCUT2D eigenvalue weighted by Gasteiger charge is 2.20. The molecule has 0 aromatic heterocycles. The molecule has 0 heterocycles. The second kappa shape index (κ2) is 14.6. The van der Waals surface area contributed by atoms with E-state index in [1.165, 1.54) is 72.0 Å². The van der Waals surface area contributed by atoms with Gasteiger partial charge in [-0.2, -0.15) is 0 Å². The maximum atomic E-state index is 2.42. The van der Waals surface area contributed by atoms with E-state index in [0.717, 1.165) is 17.1 Å². The van der Waals surface area contributed by atoms with Crippen LogP contribution in [0.5, 0.6) is 0 Å². The molecule has 1 nitrogen and oxygen atoms in total. The summed E-state index contributed by atoms with van der Waals surface area (Å²) in [6.45, 7) is 2.22. The molecule has 9 aromatic carbocycles. The Labute approximate surface area is 318 Å². The van der Waals surface area contributed by atoms with Gasteiger partial charge in [0.2, 0.25) is 0 Å². The smallest absolute Gasteiger partial charge is 0.0546 e. The van der Waals surface area contributed by atoms with Gasteiger partial charge in [0.15, 0.2) is 0 Å². The lowest BCUT2D eigenvalue weighted by atomic mass is 9.93. The molecule has 0 saturated carbocycles. The van der Waals surface area contributed by atoms with Crippen LogP contribution < -0.4 is 4.90 Å². The largest absolute Gasteiger partial charge is 0.310 e. The predicted octanol–water partition coefficient (Wildman–Crippen LogP) is 15.0. The Morgan fingerprint density at radius 3 is 1.13 bits per heavy atom. The number of nitrogens with zero attached hydrogens (tertiary/aromatic N) is 1. The van der Waals surface area contributed by atoms with Crippen molar-refractivity contribution in [3.63, 3.8) is 0 Å². The van der Waals surface area contributed by atoms with Crippen LogP contribution in [0.2, 0.25) is 0 Å². The first-order valence-electron chi connectivity index (χ1n) is 18.6. The van der Waals surface area contributed by atoms with Gasteiger partial charge in [0.25, 0.3) is 0 Å². The molecule has 0 fully saturated rings. The van der Waals surface area contributed by atoms with Crippen LogP contribution in [0.1, 0.15) is 5.56 Å². The molecule has 54 heavy (non-hydrogen) atoms. The number of aryl methyl sites for hydroxylation is 1. The van der Waals surface area contributed by atoms with Crippen molar-refractivity contribution < 1.29 is 0 Å². The van der Waals surface area contributed by atoms with Gasteiger partial charge in [-0.3, -0.25) is 0 Å². The first-order valence-corrected chi connectivity index (χ1v) is 18.6. The highest BCUT2D eigenvalue weighted by Crippen LogP contribution is 2.44. The van der Waals surface area contributed by atoms with E-state index >= 15 is 0 Å². The predicted molar refractivity (Wildman–Crippen MR) is 231 cm³/mol. The van der Waals surface area contributed by atoms with Crippen molar-refractivity contribution in [1.29, 1.82) is 0 Å². The molecule has 0 bridgehead atoms. The maximum absolute atomic E-state index is 2.42. The van der Waals surface area contributed by atoms with Crippen molar-refractivity contribution in [2.24, 2.45) is 0 Å². The highest BCUT2D eigenvalue weighted by atomic mass is 15.1. The Morgan fingerprint density at radius 2 is 0.648 bits per heavy atom. The lowest BCUT2D eigenvalue weighted by molar-refractivity contribution is 1.28. The fraction of sp³-hybridized carbons (Fsp3) is 0.0189. The van der Waals surface area contributed by atoms with E-state index in [0.29, 0.717) is 0 Å². The average molecular weight is 690 g/mol. The number of hydrogen-bond acceptors (Lipinski definition) is 1. The van der Waals surface area contributed by atoms with Gasteiger partial charge in [-0.1, -0.05) is 182 Å². The van der Waals surface area contributed by atoms with Crippen molar-refractivity contribution in [2.45, 2.75) is 6.92 Å². The molecule has 0 atom stereocenters. The number of benzene rings is 9. The minimum atomic E-state index is 1.09. The molecular formula is C53H39N. The Bertz CT molecular complexity index is 2660. The molecule has 9 aromatic rings. The third-order valence-corrected chi connectivity index (χ3v) is 10.4. The summed E-state index contributed by atoms with van der Waals surface area (Å²) >= 11 is 0. The van der Waals surface area contributed by atoms with Crippen LogP contribution in [0, 0.1) is 6.92 Å². The normalized spacial score (nSPS) is 11.1. The van der Waals surface area contributed by atoms with Crippen LogP contribution in [0.3, 0.4) is 0 Å². The van der Waals surface area contributed by atoms with E-state index in [1.807, 2.05) is 0 Å². The quantitative estimate of drug-likeness (QED) is 0.153. The summed E-state index contributed by atoms with van der Waals surface area (Å²) in [5, 5.41) is 2.50. The van der Waals surface area contributed by atoms with Gasteiger partial charge < -0.3 is 4.90 Å². The van der Waals surface area contributed by atoms with Crippen LogP contribution in [0.25, 0.3) is 66.4 Å². The summed E-state index contributed by atoms with van der Waals surface area (Å²) < 4.78 is 0. The van der Waals surface area contributed by atoms with Gasteiger partial charge in [-0.05, 0) is 110 Å². The summed E-state index contributed by atoms with van der Waals surface area (Å²) in [4.78, 5) is 2.42. The molecule has 0 radical (unpaired) electrons. The molecule has 0 aliphatic rings. The third-order valence-electron chi connectivity index (χ3n) is 10.4. The van der Waals surface area contributed by atoms with E-state index in [9.17, 15) is 0 Å². The molecule has 9 rings (SSSR count). The van der Waals surface area contributed by atoms with E-state index in [1.54, 1.807) is 0 Å². The van der Waals surface area contributed by atoms with Crippen LogP contribution in [0.15, 0.2) is 218 Å². The van der Waals surface area contributed by atoms with E-state index in [4.69, 9.17) is 0 Å². The summed E-state index contributed by atoms with van der Waals surface area (Å²) in [6.07, 6.45) is 0. The first-order chi connectivity index (χ1) is 26.7. The average Bonchev–Trinajstić information content (AvgIpc) is 3.25. The Balaban J connectivity index is 1.19. The van der Waals surface area contributed by atoms with Crippen molar-refractivity contribution in [2.75, 3.05) is 4.90 Å².